The minimum atomic E-state index is 0.144. The molecule has 0 spiro atoms. The minimum absolute atomic E-state index is 0.144. The summed E-state index contributed by atoms with van der Waals surface area (Å²) in [5.41, 5.74) is 3.16. The van der Waals surface area contributed by atoms with Crippen LogP contribution in [0.2, 0.25) is 0 Å². The molecule has 0 radical (unpaired) electrons. The first-order valence-corrected chi connectivity index (χ1v) is 7.67. The molecule has 1 amide bonds. The first-order valence-electron chi connectivity index (χ1n) is 7.67. The Morgan fingerprint density at radius 3 is 2.29 bits per heavy atom. The largest absolute Gasteiger partial charge is 0.339 e. The number of hydrogen-bond acceptors (Lipinski definition) is 1. The maximum Gasteiger partial charge on any atom is 0.254 e. The van der Waals surface area contributed by atoms with Crippen LogP contribution in [0, 0.1) is 0 Å². The minimum Gasteiger partial charge on any atom is -0.339 e. The van der Waals surface area contributed by atoms with Crippen molar-refractivity contribution in [3.05, 3.63) is 71.3 Å². The van der Waals surface area contributed by atoms with E-state index in [-0.39, 0.29) is 5.91 Å². The molecule has 0 bridgehead atoms. The van der Waals surface area contributed by atoms with Crippen LogP contribution in [0.15, 0.2) is 54.6 Å². The molecular formula is C19H23NO. The third-order valence-corrected chi connectivity index (χ3v) is 3.65. The van der Waals surface area contributed by atoms with Crippen LogP contribution in [0.5, 0.6) is 0 Å². The van der Waals surface area contributed by atoms with E-state index >= 15 is 0 Å². The monoisotopic (exact) mass is 281 g/mol. The predicted octanol–water partition coefficient (Wildman–Crippen LogP) is 4.15. The van der Waals surface area contributed by atoms with E-state index in [1.807, 2.05) is 48.2 Å². The van der Waals surface area contributed by atoms with Crippen molar-refractivity contribution in [2.75, 3.05) is 13.1 Å². The SMILES string of the molecule is CCCN(CC)C(=O)c1ccccc1Cc1ccccc1. The van der Waals surface area contributed by atoms with Gasteiger partial charge >= 0.3 is 0 Å². The van der Waals surface area contributed by atoms with E-state index in [9.17, 15) is 4.79 Å². The van der Waals surface area contributed by atoms with Gasteiger partial charge in [-0.15, -0.1) is 0 Å². The summed E-state index contributed by atoms with van der Waals surface area (Å²) < 4.78 is 0. The maximum atomic E-state index is 12.7. The fraction of sp³-hybridized carbons (Fsp3) is 0.316. The highest BCUT2D eigenvalue weighted by molar-refractivity contribution is 5.95. The molecule has 21 heavy (non-hydrogen) atoms. The first kappa shape index (κ1) is 15.3. The molecule has 0 heterocycles. The van der Waals surface area contributed by atoms with Gasteiger partial charge in [-0.3, -0.25) is 4.79 Å². The summed E-state index contributed by atoms with van der Waals surface area (Å²) in [5.74, 6) is 0.144. The molecule has 0 aliphatic carbocycles. The summed E-state index contributed by atoms with van der Waals surface area (Å²) in [7, 11) is 0. The normalized spacial score (nSPS) is 10.4. The van der Waals surface area contributed by atoms with Crippen molar-refractivity contribution in [1.29, 1.82) is 0 Å². The third kappa shape index (κ3) is 3.94. The van der Waals surface area contributed by atoms with Gasteiger partial charge in [-0.25, -0.2) is 0 Å². The number of hydrogen-bond donors (Lipinski definition) is 0. The van der Waals surface area contributed by atoms with Crippen LogP contribution in [-0.4, -0.2) is 23.9 Å². The number of carbonyl (C=O) groups excluding carboxylic acids is 1. The molecule has 0 atom stereocenters. The summed E-state index contributed by atoms with van der Waals surface area (Å²) in [4.78, 5) is 14.6. The van der Waals surface area contributed by atoms with Crippen LogP contribution in [0.3, 0.4) is 0 Å². The highest BCUT2D eigenvalue weighted by Crippen LogP contribution is 2.16. The van der Waals surface area contributed by atoms with Crippen LogP contribution < -0.4 is 0 Å². The Morgan fingerprint density at radius 2 is 1.62 bits per heavy atom. The number of benzene rings is 2. The number of nitrogens with zero attached hydrogens (tertiary/aromatic N) is 1. The molecule has 0 aliphatic rings. The second kappa shape index (κ2) is 7.63. The molecule has 0 fully saturated rings. The number of carbonyl (C=O) groups is 1. The molecule has 2 aromatic rings. The number of amides is 1. The van der Waals surface area contributed by atoms with Crippen LogP contribution in [0.1, 0.15) is 41.8 Å². The molecular weight excluding hydrogens is 258 g/mol. The van der Waals surface area contributed by atoms with Gasteiger partial charge in [0.05, 0.1) is 0 Å². The van der Waals surface area contributed by atoms with Crippen molar-refractivity contribution >= 4 is 5.91 Å². The second-order valence-electron chi connectivity index (χ2n) is 5.20. The zero-order valence-electron chi connectivity index (χ0n) is 12.9. The van der Waals surface area contributed by atoms with E-state index in [4.69, 9.17) is 0 Å². The predicted molar refractivity (Wildman–Crippen MR) is 87.6 cm³/mol. The average molecular weight is 281 g/mol. The van der Waals surface area contributed by atoms with Crippen LogP contribution in [-0.2, 0) is 6.42 Å². The smallest absolute Gasteiger partial charge is 0.254 e. The zero-order chi connectivity index (χ0) is 15.1. The summed E-state index contributed by atoms with van der Waals surface area (Å²) in [6, 6.07) is 18.2. The van der Waals surface area contributed by atoms with Crippen molar-refractivity contribution in [1.82, 2.24) is 4.90 Å². The third-order valence-electron chi connectivity index (χ3n) is 3.65. The van der Waals surface area contributed by atoms with Crippen molar-refractivity contribution in [3.8, 4) is 0 Å². The number of rotatable bonds is 6. The molecule has 2 aromatic carbocycles. The Kier molecular flexibility index (Phi) is 5.56. The summed E-state index contributed by atoms with van der Waals surface area (Å²) >= 11 is 0. The fourth-order valence-corrected chi connectivity index (χ4v) is 2.54. The van der Waals surface area contributed by atoms with E-state index < -0.39 is 0 Å². The zero-order valence-corrected chi connectivity index (χ0v) is 12.9. The van der Waals surface area contributed by atoms with Gasteiger partial charge in [-0.1, -0.05) is 55.5 Å². The Balaban J connectivity index is 2.26. The molecule has 0 unspecified atom stereocenters. The van der Waals surface area contributed by atoms with E-state index in [0.29, 0.717) is 0 Å². The highest BCUT2D eigenvalue weighted by Gasteiger charge is 2.16. The lowest BCUT2D eigenvalue weighted by molar-refractivity contribution is 0.0763. The van der Waals surface area contributed by atoms with Gasteiger partial charge in [0.2, 0.25) is 0 Å². The fourth-order valence-electron chi connectivity index (χ4n) is 2.54. The van der Waals surface area contributed by atoms with E-state index in [1.54, 1.807) is 0 Å². The lowest BCUT2D eigenvalue weighted by Crippen LogP contribution is -2.32. The molecule has 0 aromatic heterocycles. The average Bonchev–Trinajstić information content (AvgIpc) is 2.53. The van der Waals surface area contributed by atoms with Gasteiger partial charge in [-0.05, 0) is 37.0 Å². The summed E-state index contributed by atoms with van der Waals surface area (Å²) in [6.45, 7) is 5.71. The van der Waals surface area contributed by atoms with Gasteiger partial charge in [0.15, 0.2) is 0 Å². The molecule has 2 heteroatoms. The molecule has 110 valence electrons. The van der Waals surface area contributed by atoms with Crippen LogP contribution in [0.4, 0.5) is 0 Å². The topological polar surface area (TPSA) is 20.3 Å². The quantitative estimate of drug-likeness (QED) is 0.779. The van der Waals surface area contributed by atoms with Gasteiger partial charge < -0.3 is 4.90 Å². The van der Waals surface area contributed by atoms with Crippen molar-refractivity contribution in [2.45, 2.75) is 26.7 Å². The molecule has 0 aliphatic heterocycles. The first-order chi connectivity index (χ1) is 10.3. The van der Waals surface area contributed by atoms with E-state index in [0.717, 1.165) is 37.1 Å². The summed E-state index contributed by atoms with van der Waals surface area (Å²) in [6.07, 6.45) is 1.78. The van der Waals surface area contributed by atoms with E-state index in [1.165, 1.54) is 5.56 Å². The van der Waals surface area contributed by atoms with Gasteiger partial charge in [-0.2, -0.15) is 0 Å². The second-order valence-corrected chi connectivity index (χ2v) is 5.20. The van der Waals surface area contributed by atoms with Crippen LogP contribution in [0.25, 0.3) is 0 Å². The van der Waals surface area contributed by atoms with Gasteiger partial charge in [0, 0.05) is 18.7 Å². The van der Waals surface area contributed by atoms with Crippen molar-refractivity contribution < 1.29 is 4.79 Å². The molecule has 2 rings (SSSR count). The molecule has 0 saturated carbocycles. The van der Waals surface area contributed by atoms with Gasteiger partial charge in [0.1, 0.15) is 0 Å². The van der Waals surface area contributed by atoms with Crippen molar-refractivity contribution in [2.24, 2.45) is 0 Å². The van der Waals surface area contributed by atoms with Crippen LogP contribution >= 0.6 is 0 Å². The highest BCUT2D eigenvalue weighted by atomic mass is 16.2. The maximum absolute atomic E-state index is 12.7. The molecule has 0 saturated heterocycles. The standard InChI is InChI=1S/C19H23NO/c1-3-14-20(4-2)19(21)18-13-9-8-12-17(18)15-16-10-6-5-7-11-16/h5-13H,3-4,14-15H2,1-2H3. The van der Waals surface area contributed by atoms with Crippen molar-refractivity contribution in [3.63, 3.8) is 0 Å². The van der Waals surface area contributed by atoms with Gasteiger partial charge in [0.25, 0.3) is 5.91 Å². The van der Waals surface area contributed by atoms with E-state index in [2.05, 4.69) is 25.1 Å². The Bertz CT molecular complexity index is 577. The Morgan fingerprint density at radius 1 is 0.952 bits per heavy atom. The lowest BCUT2D eigenvalue weighted by atomic mass is 9.99. The Labute approximate surface area is 127 Å². The Hall–Kier alpha value is -2.09. The lowest BCUT2D eigenvalue weighted by Gasteiger charge is -2.21. The molecule has 0 N–H and O–H groups in total. The summed E-state index contributed by atoms with van der Waals surface area (Å²) in [5, 5.41) is 0. The molecule has 2 nitrogen and oxygen atoms in total.